The number of carbonyl (C=O) groups excluding carboxylic acids is 1. The second-order valence-electron chi connectivity index (χ2n) is 4.10. The van der Waals surface area contributed by atoms with Gasteiger partial charge in [-0.1, -0.05) is 12.1 Å². The Kier molecular flexibility index (Phi) is 5.95. The highest BCUT2D eigenvalue weighted by Crippen LogP contribution is 2.05. The standard InChI is InChI=1S/C13H16FNO4/c14-10-4-1-9(2-5-10)3-6-12(17)15-11(7-8-16)13(18)19/h1-2,4-5,11,16H,3,6-8H2,(H,15,17)(H,18,19). The number of carboxylic acid groups (broad SMARTS) is 1. The van der Waals surface area contributed by atoms with Gasteiger partial charge < -0.3 is 15.5 Å². The fourth-order valence-corrected chi connectivity index (χ4v) is 1.56. The van der Waals surface area contributed by atoms with Crippen molar-refractivity contribution in [1.29, 1.82) is 0 Å². The molecule has 0 spiro atoms. The SMILES string of the molecule is O=C(CCc1ccc(F)cc1)NC(CCO)C(=O)O. The van der Waals surface area contributed by atoms with Crippen LogP contribution in [0.3, 0.4) is 0 Å². The molecule has 1 rings (SSSR count). The number of nitrogens with one attached hydrogen (secondary N) is 1. The maximum Gasteiger partial charge on any atom is 0.326 e. The van der Waals surface area contributed by atoms with Gasteiger partial charge in [0.1, 0.15) is 11.9 Å². The number of rotatable bonds is 7. The van der Waals surface area contributed by atoms with Crippen molar-refractivity contribution >= 4 is 11.9 Å². The van der Waals surface area contributed by atoms with Gasteiger partial charge in [0.05, 0.1) is 0 Å². The van der Waals surface area contributed by atoms with Crippen LogP contribution in [-0.2, 0) is 16.0 Å². The largest absolute Gasteiger partial charge is 0.480 e. The van der Waals surface area contributed by atoms with Crippen LogP contribution >= 0.6 is 0 Å². The predicted molar refractivity (Wildman–Crippen MR) is 66.0 cm³/mol. The van der Waals surface area contributed by atoms with Gasteiger partial charge in [-0.3, -0.25) is 4.79 Å². The Hall–Kier alpha value is -1.95. The number of carbonyl (C=O) groups is 2. The van der Waals surface area contributed by atoms with Gasteiger partial charge in [-0.05, 0) is 24.1 Å². The zero-order valence-electron chi connectivity index (χ0n) is 10.3. The van der Waals surface area contributed by atoms with Crippen LogP contribution in [0, 0.1) is 5.82 Å². The molecule has 6 heteroatoms. The summed E-state index contributed by atoms with van der Waals surface area (Å²) in [7, 11) is 0. The molecule has 0 radical (unpaired) electrons. The fraction of sp³-hybridized carbons (Fsp3) is 0.385. The van der Waals surface area contributed by atoms with E-state index in [-0.39, 0.29) is 25.3 Å². The van der Waals surface area contributed by atoms with Gasteiger partial charge in [0.25, 0.3) is 0 Å². The van der Waals surface area contributed by atoms with Crippen molar-refractivity contribution in [2.75, 3.05) is 6.61 Å². The van der Waals surface area contributed by atoms with Gasteiger partial charge in [0.2, 0.25) is 5.91 Å². The molecule has 1 amide bonds. The summed E-state index contributed by atoms with van der Waals surface area (Å²) < 4.78 is 12.7. The summed E-state index contributed by atoms with van der Waals surface area (Å²) in [6.07, 6.45) is 0.482. The van der Waals surface area contributed by atoms with Crippen LogP contribution in [-0.4, -0.2) is 34.7 Å². The lowest BCUT2D eigenvalue weighted by atomic mass is 10.1. The lowest BCUT2D eigenvalue weighted by molar-refractivity contribution is -0.142. The van der Waals surface area contributed by atoms with E-state index in [1.807, 2.05) is 0 Å². The molecule has 0 aliphatic heterocycles. The van der Waals surface area contributed by atoms with E-state index in [0.29, 0.717) is 6.42 Å². The number of aliphatic hydroxyl groups excluding tert-OH is 1. The molecule has 1 unspecified atom stereocenters. The lowest BCUT2D eigenvalue weighted by Crippen LogP contribution is -2.41. The van der Waals surface area contributed by atoms with Crippen molar-refractivity contribution in [2.45, 2.75) is 25.3 Å². The molecule has 0 aromatic heterocycles. The van der Waals surface area contributed by atoms with Crippen LogP contribution in [0.4, 0.5) is 4.39 Å². The molecule has 1 atom stereocenters. The molecule has 104 valence electrons. The highest BCUT2D eigenvalue weighted by Gasteiger charge is 2.18. The Morgan fingerprint density at radius 1 is 1.26 bits per heavy atom. The first-order chi connectivity index (χ1) is 9.02. The summed E-state index contributed by atoms with van der Waals surface area (Å²) in [6.45, 7) is -0.310. The maximum atomic E-state index is 12.7. The number of aliphatic hydroxyl groups is 1. The molecule has 0 saturated heterocycles. The minimum atomic E-state index is -1.18. The molecule has 1 aromatic rings. The Balaban J connectivity index is 2.42. The topological polar surface area (TPSA) is 86.6 Å². The fourth-order valence-electron chi connectivity index (χ4n) is 1.56. The van der Waals surface area contributed by atoms with Gasteiger partial charge >= 0.3 is 5.97 Å². The van der Waals surface area contributed by atoms with Gasteiger partial charge in [-0.2, -0.15) is 0 Å². The zero-order chi connectivity index (χ0) is 14.3. The molecule has 5 nitrogen and oxygen atoms in total. The van der Waals surface area contributed by atoms with E-state index in [2.05, 4.69) is 5.32 Å². The van der Waals surface area contributed by atoms with Crippen molar-refractivity contribution < 1.29 is 24.2 Å². The average molecular weight is 269 g/mol. The van der Waals surface area contributed by atoms with Crippen LogP contribution < -0.4 is 5.32 Å². The van der Waals surface area contributed by atoms with Crippen LogP contribution in [0.15, 0.2) is 24.3 Å². The monoisotopic (exact) mass is 269 g/mol. The van der Waals surface area contributed by atoms with Gasteiger partial charge in [0.15, 0.2) is 0 Å². The minimum Gasteiger partial charge on any atom is -0.480 e. The lowest BCUT2D eigenvalue weighted by Gasteiger charge is -2.13. The van der Waals surface area contributed by atoms with Crippen LogP contribution in [0.1, 0.15) is 18.4 Å². The molecule has 19 heavy (non-hydrogen) atoms. The Morgan fingerprint density at radius 3 is 2.42 bits per heavy atom. The Morgan fingerprint density at radius 2 is 1.89 bits per heavy atom. The van der Waals surface area contributed by atoms with Gasteiger partial charge in [-0.15, -0.1) is 0 Å². The quantitative estimate of drug-likeness (QED) is 0.680. The van der Waals surface area contributed by atoms with Crippen molar-refractivity contribution in [3.05, 3.63) is 35.6 Å². The Bertz CT molecular complexity index is 433. The number of hydrogen-bond donors (Lipinski definition) is 3. The Labute approximate surface area is 110 Å². The zero-order valence-corrected chi connectivity index (χ0v) is 10.3. The number of halogens is 1. The van der Waals surface area contributed by atoms with Crippen molar-refractivity contribution in [3.8, 4) is 0 Å². The smallest absolute Gasteiger partial charge is 0.326 e. The van der Waals surface area contributed by atoms with E-state index in [1.165, 1.54) is 12.1 Å². The summed E-state index contributed by atoms with van der Waals surface area (Å²) in [6, 6.07) is 4.68. The van der Waals surface area contributed by atoms with Gasteiger partial charge in [-0.25, -0.2) is 9.18 Å². The average Bonchev–Trinajstić information content (AvgIpc) is 2.37. The second-order valence-corrected chi connectivity index (χ2v) is 4.10. The van der Waals surface area contributed by atoms with E-state index >= 15 is 0 Å². The minimum absolute atomic E-state index is 0.0301. The second kappa shape index (κ2) is 7.48. The third kappa shape index (κ3) is 5.48. The van der Waals surface area contributed by atoms with Gasteiger partial charge in [0, 0.05) is 19.4 Å². The van der Waals surface area contributed by atoms with Crippen molar-refractivity contribution in [3.63, 3.8) is 0 Å². The summed E-state index contributed by atoms with van der Waals surface area (Å²) >= 11 is 0. The van der Waals surface area contributed by atoms with Crippen molar-refractivity contribution in [2.24, 2.45) is 0 Å². The molecule has 1 aromatic carbocycles. The predicted octanol–water partition coefficient (Wildman–Crippen LogP) is 0.710. The molecule has 0 saturated carbocycles. The molecule has 0 bridgehead atoms. The number of carboxylic acids is 1. The van der Waals surface area contributed by atoms with Crippen molar-refractivity contribution in [1.82, 2.24) is 5.32 Å². The van der Waals surface area contributed by atoms with Crippen LogP contribution in [0.5, 0.6) is 0 Å². The first kappa shape index (κ1) is 15.1. The summed E-state index contributed by atoms with van der Waals surface area (Å²) in [5, 5.41) is 19.8. The molecule has 0 heterocycles. The summed E-state index contributed by atoms with van der Waals surface area (Å²) in [5.41, 5.74) is 0.797. The molecule has 0 fully saturated rings. The number of amides is 1. The first-order valence-electron chi connectivity index (χ1n) is 5.90. The molecule has 3 N–H and O–H groups in total. The third-order valence-electron chi connectivity index (χ3n) is 2.61. The number of benzene rings is 1. The summed E-state index contributed by atoms with van der Waals surface area (Å²) in [4.78, 5) is 22.3. The van der Waals surface area contributed by atoms with E-state index in [9.17, 15) is 14.0 Å². The highest BCUT2D eigenvalue weighted by atomic mass is 19.1. The van der Waals surface area contributed by atoms with E-state index in [4.69, 9.17) is 10.2 Å². The van der Waals surface area contributed by atoms with E-state index in [1.54, 1.807) is 12.1 Å². The van der Waals surface area contributed by atoms with Crippen LogP contribution in [0.25, 0.3) is 0 Å². The third-order valence-corrected chi connectivity index (χ3v) is 2.61. The molecular weight excluding hydrogens is 253 g/mol. The number of aliphatic carboxylic acids is 1. The normalized spacial score (nSPS) is 11.9. The molecular formula is C13H16FNO4. The number of aryl methyl sites for hydroxylation is 1. The maximum absolute atomic E-state index is 12.7. The highest BCUT2D eigenvalue weighted by molar-refractivity contribution is 5.83. The summed E-state index contributed by atoms with van der Waals surface area (Å²) in [5.74, 6) is -1.93. The first-order valence-corrected chi connectivity index (χ1v) is 5.90. The molecule has 0 aliphatic carbocycles. The van der Waals surface area contributed by atoms with E-state index in [0.717, 1.165) is 5.56 Å². The van der Waals surface area contributed by atoms with Crippen LogP contribution in [0.2, 0.25) is 0 Å². The van der Waals surface area contributed by atoms with E-state index < -0.39 is 17.9 Å². The number of hydrogen-bond acceptors (Lipinski definition) is 3. The molecule has 0 aliphatic rings.